The lowest BCUT2D eigenvalue weighted by atomic mass is 10.0. The van der Waals surface area contributed by atoms with Crippen LogP contribution in [0, 0.1) is 0 Å². The zero-order valence-corrected chi connectivity index (χ0v) is 13.4. The molecule has 3 heterocycles. The number of aryl methyl sites for hydroxylation is 1. The summed E-state index contributed by atoms with van der Waals surface area (Å²) in [7, 11) is 1.93. The van der Waals surface area contributed by atoms with Gasteiger partial charge in [-0.3, -0.25) is 8.65 Å². The van der Waals surface area contributed by atoms with Crippen LogP contribution in [0.15, 0.2) is 42.5 Å². The van der Waals surface area contributed by atoms with E-state index >= 15 is 0 Å². The lowest BCUT2D eigenvalue weighted by molar-refractivity contribution is 0.768. The van der Waals surface area contributed by atoms with Crippen LogP contribution in [-0.4, -0.2) is 18.7 Å². The Kier molecular flexibility index (Phi) is 3.30. The van der Waals surface area contributed by atoms with Crippen molar-refractivity contribution in [1.82, 2.24) is 18.7 Å². The molecule has 0 saturated heterocycles. The van der Waals surface area contributed by atoms with Crippen molar-refractivity contribution in [2.45, 2.75) is 25.7 Å². The number of allylic oxidation sites excluding steroid dienone is 2. The number of thiol groups is 1. The molecular weight excluding hydrogens is 292 g/mol. The molecule has 3 aromatic rings. The standard InChI is InChI=1S/C17H18N4S/c1-20-10-14(9-19-20)16-11-21(22)17-15(16)7-13(8-18-17)6-12-4-2-3-5-12/h4,7-11,22H,2-3,5-6H2,1H3. The minimum absolute atomic E-state index is 0.895. The van der Waals surface area contributed by atoms with E-state index in [-0.39, 0.29) is 0 Å². The van der Waals surface area contributed by atoms with Gasteiger partial charge in [-0.1, -0.05) is 24.5 Å². The molecule has 22 heavy (non-hydrogen) atoms. The fraction of sp³-hybridized carbons (Fsp3) is 0.294. The van der Waals surface area contributed by atoms with Crippen LogP contribution in [0.3, 0.4) is 0 Å². The van der Waals surface area contributed by atoms with Gasteiger partial charge in [-0.05, 0) is 37.3 Å². The normalized spacial score (nSPS) is 14.7. The summed E-state index contributed by atoms with van der Waals surface area (Å²) in [6.45, 7) is 0. The van der Waals surface area contributed by atoms with Gasteiger partial charge in [-0.2, -0.15) is 5.10 Å². The van der Waals surface area contributed by atoms with E-state index in [4.69, 9.17) is 0 Å². The molecule has 5 heteroatoms. The topological polar surface area (TPSA) is 35.6 Å². The van der Waals surface area contributed by atoms with E-state index in [0.717, 1.165) is 28.6 Å². The molecule has 0 atom stereocenters. The maximum Gasteiger partial charge on any atom is 0.150 e. The van der Waals surface area contributed by atoms with Crippen LogP contribution < -0.4 is 0 Å². The molecule has 1 aliphatic rings. The molecule has 0 fully saturated rings. The predicted octanol–water partition coefficient (Wildman–Crippen LogP) is 3.78. The van der Waals surface area contributed by atoms with E-state index in [2.05, 4.69) is 35.0 Å². The second kappa shape index (κ2) is 5.32. The van der Waals surface area contributed by atoms with Gasteiger partial charge in [0.25, 0.3) is 0 Å². The van der Waals surface area contributed by atoms with E-state index in [0.29, 0.717) is 0 Å². The molecule has 0 radical (unpaired) electrons. The average molecular weight is 310 g/mol. The van der Waals surface area contributed by atoms with Gasteiger partial charge in [0.05, 0.1) is 6.20 Å². The van der Waals surface area contributed by atoms with E-state index in [1.807, 2.05) is 36.5 Å². The number of fused-ring (bicyclic) bond motifs is 1. The highest BCUT2D eigenvalue weighted by atomic mass is 32.1. The summed E-state index contributed by atoms with van der Waals surface area (Å²) < 4.78 is 3.61. The van der Waals surface area contributed by atoms with Crippen LogP contribution in [0.1, 0.15) is 24.8 Å². The highest BCUT2D eigenvalue weighted by molar-refractivity contribution is 7.78. The number of nitrogens with zero attached hydrogens (tertiary/aromatic N) is 4. The van der Waals surface area contributed by atoms with Gasteiger partial charge in [0.15, 0.2) is 0 Å². The molecule has 0 N–H and O–H groups in total. The minimum atomic E-state index is 0.895. The van der Waals surface area contributed by atoms with E-state index < -0.39 is 0 Å². The Labute approximate surface area is 135 Å². The summed E-state index contributed by atoms with van der Waals surface area (Å²) >= 11 is 4.49. The van der Waals surface area contributed by atoms with Crippen molar-refractivity contribution in [2.75, 3.05) is 0 Å². The minimum Gasteiger partial charge on any atom is -0.277 e. The number of hydrogen-bond donors (Lipinski definition) is 1. The molecule has 0 bridgehead atoms. The fourth-order valence-corrected chi connectivity index (χ4v) is 3.46. The van der Waals surface area contributed by atoms with Gasteiger partial charge in [-0.15, -0.1) is 0 Å². The van der Waals surface area contributed by atoms with Gasteiger partial charge >= 0.3 is 0 Å². The molecule has 4 nitrogen and oxygen atoms in total. The molecule has 0 amide bonds. The van der Waals surface area contributed by atoms with Crippen molar-refractivity contribution >= 4 is 23.8 Å². The number of hydrogen-bond acceptors (Lipinski definition) is 3. The Morgan fingerprint density at radius 3 is 2.91 bits per heavy atom. The maximum absolute atomic E-state index is 4.61. The van der Waals surface area contributed by atoms with E-state index in [9.17, 15) is 0 Å². The van der Waals surface area contributed by atoms with Gasteiger partial charge in [0, 0.05) is 42.2 Å². The number of pyridine rings is 1. The SMILES string of the molecule is Cn1cc(-c2cn(S)c3ncc(CC4=CCCC4)cc23)cn1. The first-order chi connectivity index (χ1) is 10.7. The fourth-order valence-electron chi connectivity index (χ4n) is 3.18. The van der Waals surface area contributed by atoms with Gasteiger partial charge < -0.3 is 0 Å². The predicted molar refractivity (Wildman–Crippen MR) is 92.0 cm³/mol. The Morgan fingerprint density at radius 1 is 1.27 bits per heavy atom. The third-order valence-electron chi connectivity index (χ3n) is 4.26. The van der Waals surface area contributed by atoms with Crippen molar-refractivity contribution in [3.8, 4) is 11.1 Å². The Balaban J connectivity index is 1.80. The molecule has 112 valence electrons. The molecule has 0 saturated carbocycles. The van der Waals surface area contributed by atoms with Crippen molar-refractivity contribution in [1.29, 1.82) is 0 Å². The molecule has 0 aliphatic heterocycles. The van der Waals surface area contributed by atoms with Crippen molar-refractivity contribution < 1.29 is 0 Å². The lowest BCUT2D eigenvalue weighted by Gasteiger charge is -2.03. The third-order valence-corrected chi connectivity index (χ3v) is 4.57. The van der Waals surface area contributed by atoms with Gasteiger partial charge in [0.1, 0.15) is 5.65 Å². The maximum atomic E-state index is 4.61. The quantitative estimate of drug-likeness (QED) is 0.590. The first-order valence-corrected chi connectivity index (χ1v) is 7.97. The molecule has 3 aromatic heterocycles. The van der Waals surface area contributed by atoms with Crippen LogP contribution in [0.4, 0.5) is 0 Å². The third kappa shape index (κ3) is 2.35. The van der Waals surface area contributed by atoms with Crippen LogP contribution in [0.2, 0.25) is 0 Å². The molecule has 1 aliphatic carbocycles. The summed E-state index contributed by atoms with van der Waals surface area (Å²) in [5.74, 6) is 0. The Bertz CT molecular complexity index is 872. The number of aromatic nitrogens is 4. The molecule has 0 spiro atoms. The van der Waals surface area contributed by atoms with Gasteiger partial charge in [-0.25, -0.2) is 4.98 Å². The Morgan fingerprint density at radius 2 is 2.18 bits per heavy atom. The highest BCUT2D eigenvalue weighted by Gasteiger charge is 2.13. The van der Waals surface area contributed by atoms with Crippen molar-refractivity contribution in [3.05, 3.63) is 48.1 Å². The van der Waals surface area contributed by atoms with E-state index in [1.54, 1.807) is 3.97 Å². The van der Waals surface area contributed by atoms with Gasteiger partial charge in [0.2, 0.25) is 0 Å². The zero-order chi connectivity index (χ0) is 15.1. The van der Waals surface area contributed by atoms with Crippen LogP contribution in [-0.2, 0) is 13.5 Å². The van der Waals surface area contributed by atoms with Crippen molar-refractivity contribution in [3.63, 3.8) is 0 Å². The first kappa shape index (κ1) is 13.6. The Hall–Kier alpha value is -2.01. The number of rotatable bonds is 3. The second-order valence-electron chi connectivity index (χ2n) is 5.94. The van der Waals surface area contributed by atoms with Crippen LogP contribution in [0.5, 0.6) is 0 Å². The summed E-state index contributed by atoms with van der Waals surface area (Å²) in [4.78, 5) is 4.61. The summed E-state index contributed by atoms with van der Waals surface area (Å²) in [6, 6.07) is 2.25. The molecule has 0 aromatic carbocycles. The average Bonchev–Trinajstić information content (AvgIpc) is 3.21. The summed E-state index contributed by atoms with van der Waals surface area (Å²) in [6.07, 6.45) is 15.0. The van der Waals surface area contributed by atoms with Crippen molar-refractivity contribution in [2.24, 2.45) is 7.05 Å². The molecule has 0 unspecified atom stereocenters. The monoisotopic (exact) mass is 310 g/mol. The summed E-state index contributed by atoms with van der Waals surface area (Å²) in [5.41, 5.74) is 5.93. The molecule has 4 rings (SSSR count). The van der Waals surface area contributed by atoms with Crippen LogP contribution >= 0.6 is 12.8 Å². The first-order valence-electron chi connectivity index (χ1n) is 7.57. The van der Waals surface area contributed by atoms with E-state index in [1.165, 1.54) is 30.4 Å². The largest absolute Gasteiger partial charge is 0.277 e. The highest BCUT2D eigenvalue weighted by Crippen LogP contribution is 2.31. The molecular formula is C17H18N4S. The van der Waals surface area contributed by atoms with Crippen LogP contribution in [0.25, 0.3) is 22.2 Å². The summed E-state index contributed by atoms with van der Waals surface area (Å²) in [5, 5.41) is 5.41. The lowest BCUT2D eigenvalue weighted by Crippen LogP contribution is -1.91. The second-order valence-corrected chi connectivity index (χ2v) is 6.37. The smallest absolute Gasteiger partial charge is 0.150 e. The zero-order valence-electron chi connectivity index (χ0n) is 12.5.